The SMILES string of the molecule is Fc1ccc(-c2nc3ccc(C4(c5ccccc5)C=C4)nc3s2)cc1. The van der Waals surface area contributed by atoms with E-state index < -0.39 is 0 Å². The van der Waals surface area contributed by atoms with Gasteiger partial charge >= 0.3 is 0 Å². The first kappa shape index (κ1) is 14.5. The Hall–Kier alpha value is -2.85. The van der Waals surface area contributed by atoms with Gasteiger partial charge in [0.2, 0.25) is 0 Å². The lowest BCUT2D eigenvalue weighted by atomic mass is 9.89. The lowest BCUT2D eigenvalue weighted by Crippen LogP contribution is -2.12. The fourth-order valence-corrected chi connectivity index (χ4v) is 4.02. The highest BCUT2D eigenvalue weighted by atomic mass is 32.1. The number of benzene rings is 2. The molecular weight excluding hydrogens is 331 g/mol. The van der Waals surface area contributed by atoms with Crippen LogP contribution in [0.15, 0.2) is 78.9 Å². The standard InChI is InChI=1S/C21H13FN2S/c22-16-8-6-14(7-9-16)19-23-17-10-11-18(24-20(17)25-19)21(12-13-21)15-4-2-1-3-5-15/h1-13H. The van der Waals surface area contributed by atoms with Crippen LogP contribution in [0.3, 0.4) is 0 Å². The zero-order chi connectivity index (χ0) is 16.9. The van der Waals surface area contributed by atoms with Crippen LogP contribution < -0.4 is 0 Å². The predicted molar refractivity (Wildman–Crippen MR) is 99.2 cm³/mol. The maximum atomic E-state index is 13.1. The second-order valence-corrected chi connectivity index (χ2v) is 7.09. The van der Waals surface area contributed by atoms with Crippen LogP contribution in [0.4, 0.5) is 4.39 Å². The molecule has 0 spiro atoms. The summed E-state index contributed by atoms with van der Waals surface area (Å²) in [5, 5.41) is 0.858. The topological polar surface area (TPSA) is 25.8 Å². The van der Waals surface area contributed by atoms with Gasteiger partial charge in [-0.05, 0) is 42.0 Å². The number of hydrogen-bond donors (Lipinski definition) is 0. The molecule has 2 aromatic heterocycles. The number of pyridine rings is 1. The van der Waals surface area contributed by atoms with Gasteiger partial charge in [0.1, 0.15) is 21.2 Å². The van der Waals surface area contributed by atoms with Crippen LogP contribution in [-0.2, 0) is 5.41 Å². The van der Waals surface area contributed by atoms with E-state index in [1.807, 2.05) is 18.2 Å². The van der Waals surface area contributed by atoms with Crippen molar-refractivity contribution in [1.82, 2.24) is 9.97 Å². The Kier molecular flexibility index (Phi) is 3.09. The van der Waals surface area contributed by atoms with Gasteiger partial charge in [-0.25, -0.2) is 14.4 Å². The number of aromatic nitrogens is 2. The minimum atomic E-state index is -0.241. The molecule has 0 radical (unpaired) electrons. The Morgan fingerprint density at radius 2 is 1.56 bits per heavy atom. The number of allylic oxidation sites excluding steroid dienone is 2. The van der Waals surface area contributed by atoms with Gasteiger partial charge in [-0.2, -0.15) is 0 Å². The molecule has 4 aromatic rings. The molecule has 0 N–H and O–H groups in total. The summed E-state index contributed by atoms with van der Waals surface area (Å²) >= 11 is 1.54. The van der Waals surface area contributed by atoms with Crippen molar-refractivity contribution >= 4 is 21.7 Å². The molecule has 25 heavy (non-hydrogen) atoms. The average molecular weight is 344 g/mol. The number of fused-ring (bicyclic) bond motifs is 1. The highest BCUT2D eigenvalue weighted by molar-refractivity contribution is 7.21. The van der Waals surface area contributed by atoms with Crippen LogP contribution in [0.1, 0.15) is 11.3 Å². The molecular formula is C21H13FN2S. The van der Waals surface area contributed by atoms with Crippen LogP contribution in [0, 0.1) is 5.82 Å². The molecule has 1 aliphatic rings. The minimum absolute atomic E-state index is 0.185. The number of rotatable bonds is 3. The number of halogens is 1. The Balaban J connectivity index is 1.58. The van der Waals surface area contributed by atoms with Gasteiger partial charge in [0, 0.05) is 5.56 Å². The van der Waals surface area contributed by atoms with E-state index in [0.29, 0.717) is 0 Å². The summed E-state index contributed by atoms with van der Waals surface area (Å²) < 4.78 is 13.1. The fourth-order valence-electron chi connectivity index (χ4n) is 3.07. The minimum Gasteiger partial charge on any atom is -0.239 e. The molecule has 0 unspecified atom stereocenters. The molecule has 120 valence electrons. The van der Waals surface area contributed by atoms with Gasteiger partial charge in [0.15, 0.2) is 0 Å². The van der Waals surface area contributed by atoms with E-state index in [-0.39, 0.29) is 11.2 Å². The number of thiazole rings is 1. The van der Waals surface area contributed by atoms with Crippen molar-refractivity contribution in [1.29, 1.82) is 0 Å². The Labute approximate surface area is 148 Å². The van der Waals surface area contributed by atoms with E-state index >= 15 is 0 Å². The number of hydrogen-bond acceptors (Lipinski definition) is 3. The molecule has 2 aromatic carbocycles. The van der Waals surface area contributed by atoms with Crippen molar-refractivity contribution in [3.63, 3.8) is 0 Å². The summed E-state index contributed by atoms with van der Waals surface area (Å²) in [4.78, 5) is 10.4. The lowest BCUT2D eigenvalue weighted by molar-refractivity contribution is 0.628. The van der Waals surface area contributed by atoms with E-state index in [1.54, 1.807) is 12.1 Å². The lowest BCUT2D eigenvalue weighted by Gasteiger charge is -2.15. The Bertz CT molecular complexity index is 1090. The molecule has 0 amide bonds. The number of nitrogens with zero attached hydrogens (tertiary/aromatic N) is 2. The van der Waals surface area contributed by atoms with Crippen molar-refractivity contribution < 1.29 is 4.39 Å². The monoisotopic (exact) mass is 344 g/mol. The highest BCUT2D eigenvalue weighted by Gasteiger charge is 2.39. The van der Waals surface area contributed by atoms with Crippen LogP contribution in [-0.4, -0.2) is 9.97 Å². The van der Waals surface area contributed by atoms with Crippen molar-refractivity contribution in [3.05, 3.63) is 96.0 Å². The molecule has 0 atom stereocenters. The normalized spacial score (nSPS) is 14.8. The largest absolute Gasteiger partial charge is 0.239 e. The smallest absolute Gasteiger partial charge is 0.144 e. The molecule has 5 rings (SSSR count). The highest BCUT2D eigenvalue weighted by Crippen LogP contribution is 2.44. The zero-order valence-electron chi connectivity index (χ0n) is 13.2. The summed E-state index contributed by atoms with van der Waals surface area (Å²) in [5.41, 5.74) is 3.84. The third-order valence-corrected chi connectivity index (χ3v) is 5.54. The van der Waals surface area contributed by atoms with Crippen molar-refractivity contribution in [2.24, 2.45) is 0 Å². The molecule has 0 saturated heterocycles. The Morgan fingerprint density at radius 1 is 0.800 bits per heavy atom. The van der Waals surface area contributed by atoms with Gasteiger partial charge < -0.3 is 0 Å². The van der Waals surface area contributed by atoms with Gasteiger partial charge in [-0.15, -0.1) is 0 Å². The average Bonchev–Trinajstić information content (AvgIpc) is 3.36. The first-order valence-corrected chi connectivity index (χ1v) is 8.86. The first-order valence-electron chi connectivity index (χ1n) is 8.05. The van der Waals surface area contributed by atoms with Crippen molar-refractivity contribution in [2.75, 3.05) is 0 Å². The molecule has 4 heteroatoms. The van der Waals surface area contributed by atoms with E-state index in [1.165, 1.54) is 29.0 Å². The zero-order valence-corrected chi connectivity index (χ0v) is 14.0. The van der Waals surface area contributed by atoms with Crippen LogP contribution in [0.2, 0.25) is 0 Å². The summed E-state index contributed by atoms with van der Waals surface area (Å²) in [5.74, 6) is -0.241. The van der Waals surface area contributed by atoms with Crippen LogP contribution >= 0.6 is 11.3 Å². The Morgan fingerprint density at radius 3 is 2.28 bits per heavy atom. The van der Waals surface area contributed by atoms with Gasteiger partial charge in [0.25, 0.3) is 0 Å². The molecule has 0 fully saturated rings. The third-order valence-electron chi connectivity index (χ3n) is 4.52. The quantitative estimate of drug-likeness (QED) is 0.468. The van der Waals surface area contributed by atoms with Crippen molar-refractivity contribution in [3.8, 4) is 10.6 Å². The van der Waals surface area contributed by atoms with Gasteiger partial charge in [-0.3, -0.25) is 0 Å². The maximum absolute atomic E-state index is 13.1. The maximum Gasteiger partial charge on any atom is 0.144 e. The van der Waals surface area contributed by atoms with Gasteiger partial charge in [0.05, 0.1) is 11.1 Å². The molecule has 2 heterocycles. The van der Waals surface area contributed by atoms with Gasteiger partial charge in [-0.1, -0.05) is 53.8 Å². The van der Waals surface area contributed by atoms with E-state index in [2.05, 4.69) is 41.4 Å². The summed E-state index contributed by atoms with van der Waals surface area (Å²) in [6.07, 6.45) is 4.36. The second kappa shape index (κ2) is 5.33. The third kappa shape index (κ3) is 2.37. The van der Waals surface area contributed by atoms with E-state index in [0.717, 1.165) is 26.6 Å². The first-order chi connectivity index (χ1) is 12.2. The molecule has 2 nitrogen and oxygen atoms in total. The van der Waals surface area contributed by atoms with Crippen LogP contribution in [0.25, 0.3) is 20.9 Å². The summed E-state index contributed by atoms with van der Waals surface area (Å²) in [6, 6.07) is 20.9. The predicted octanol–water partition coefficient (Wildman–Crippen LogP) is 5.35. The fraction of sp³-hybridized carbons (Fsp3) is 0.0476. The molecule has 1 aliphatic carbocycles. The molecule has 0 aliphatic heterocycles. The summed E-state index contributed by atoms with van der Waals surface area (Å²) in [6.45, 7) is 0. The van der Waals surface area contributed by atoms with Crippen LogP contribution in [0.5, 0.6) is 0 Å². The summed E-state index contributed by atoms with van der Waals surface area (Å²) in [7, 11) is 0. The van der Waals surface area contributed by atoms with Crippen molar-refractivity contribution in [2.45, 2.75) is 5.41 Å². The molecule has 0 bridgehead atoms. The van der Waals surface area contributed by atoms with E-state index in [4.69, 9.17) is 4.98 Å². The second-order valence-electron chi connectivity index (χ2n) is 6.12. The molecule has 0 saturated carbocycles. The van der Waals surface area contributed by atoms with E-state index in [9.17, 15) is 4.39 Å².